The van der Waals surface area contributed by atoms with Crippen LogP contribution in [0.4, 0.5) is 5.69 Å². The van der Waals surface area contributed by atoms with E-state index in [1.54, 1.807) is 25.3 Å². The zero-order valence-electron chi connectivity index (χ0n) is 12.5. The number of carbonyl (C=O) groups excluding carboxylic acids is 1. The summed E-state index contributed by atoms with van der Waals surface area (Å²) in [5.74, 6) is 0.334. The van der Waals surface area contributed by atoms with Crippen LogP contribution >= 0.6 is 12.2 Å². The van der Waals surface area contributed by atoms with Crippen LogP contribution in [0.25, 0.3) is 0 Å². The number of amides is 1. The molecule has 0 aliphatic rings. The van der Waals surface area contributed by atoms with Gasteiger partial charge in [-0.05, 0) is 24.6 Å². The number of hydrogen-bond donors (Lipinski definition) is 2. The van der Waals surface area contributed by atoms with Crippen LogP contribution in [-0.2, 0) is 4.79 Å². The lowest BCUT2D eigenvalue weighted by atomic mass is 10.1. The number of hydrogen-bond acceptors (Lipinski definition) is 3. The summed E-state index contributed by atoms with van der Waals surface area (Å²) in [6.07, 6.45) is 0. The summed E-state index contributed by atoms with van der Waals surface area (Å²) in [5, 5.41) is 5.78. The average molecular weight is 314 g/mol. The highest BCUT2D eigenvalue weighted by Gasteiger charge is 2.13. The van der Waals surface area contributed by atoms with Crippen LogP contribution < -0.4 is 15.4 Å². The van der Waals surface area contributed by atoms with Gasteiger partial charge < -0.3 is 15.4 Å². The molecule has 0 radical (unpaired) electrons. The Morgan fingerprint density at radius 2 is 1.86 bits per heavy atom. The average Bonchev–Trinajstić information content (AvgIpc) is 2.55. The van der Waals surface area contributed by atoms with Crippen molar-refractivity contribution in [1.82, 2.24) is 5.32 Å². The number of methoxy groups -OCH3 is 1. The molecule has 1 unspecified atom stereocenters. The molecule has 0 fully saturated rings. The molecule has 2 N–H and O–H groups in total. The molecule has 0 bridgehead atoms. The Balaban J connectivity index is 1.96. The number of benzene rings is 2. The van der Waals surface area contributed by atoms with Gasteiger partial charge in [0.25, 0.3) is 5.91 Å². The van der Waals surface area contributed by atoms with Crippen LogP contribution in [0.15, 0.2) is 54.6 Å². The van der Waals surface area contributed by atoms with E-state index in [0.29, 0.717) is 11.4 Å². The van der Waals surface area contributed by atoms with Gasteiger partial charge in [-0.3, -0.25) is 4.79 Å². The molecule has 0 aliphatic heterocycles. The van der Waals surface area contributed by atoms with Crippen LogP contribution in [0.1, 0.15) is 18.5 Å². The maximum absolute atomic E-state index is 12.1. The van der Waals surface area contributed by atoms with Crippen molar-refractivity contribution in [3.63, 3.8) is 0 Å². The molecule has 1 amide bonds. The Morgan fingerprint density at radius 3 is 2.55 bits per heavy atom. The molecule has 0 spiro atoms. The molecule has 0 heterocycles. The minimum atomic E-state index is -0.342. The van der Waals surface area contributed by atoms with Gasteiger partial charge in [-0.2, -0.15) is 0 Å². The van der Waals surface area contributed by atoms with Crippen LogP contribution in [0.2, 0.25) is 0 Å². The first kappa shape index (κ1) is 16.0. The molecule has 0 saturated heterocycles. The topological polar surface area (TPSA) is 50.4 Å². The van der Waals surface area contributed by atoms with Crippen molar-refractivity contribution in [3.05, 3.63) is 60.2 Å². The third kappa shape index (κ3) is 4.30. The minimum Gasteiger partial charge on any atom is -0.497 e. The highest BCUT2D eigenvalue weighted by Crippen LogP contribution is 2.17. The summed E-state index contributed by atoms with van der Waals surface area (Å²) >= 11 is 5.16. The van der Waals surface area contributed by atoms with Crippen molar-refractivity contribution in [2.24, 2.45) is 0 Å². The van der Waals surface area contributed by atoms with Gasteiger partial charge in [-0.15, -0.1) is 0 Å². The summed E-state index contributed by atoms with van der Waals surface area (Å²) in [6, 6.07) is 16.9. The van der Waals surface area contributed by atoms with Crippen LogP contribution in [-0.4, -0.2) is 18.0 Å². The highest BCUT2D eigenvalue weighted by molar-refractivity contribution is 7.82. The summed E-state index contributed by atoms with van der Waals surface area (Å²) in [6.45, 7) is 1.96. The molecular weight excluding hydrogens is 296 g/mol. The van der Waals surface area contributed by atoms with Gasteiger partial charge in [-0.25, -0.2) is 0 Å². The number of carbonyl (C=O) groups is 1. The monoisotopic (exact) mass is 314 g/mol. The number of ether oxygens (including phenoxy) is 1. The Bertz CT molecular complexity index is 659. The van der Waals surface area contributed by atoms with E-state index in [1.807, 2.05) is 43.3 Å². The quantitative estimate of drug-likeness (QED) is 0.850. The minimum absolute atomic E-state index is 0.0373. The highest BCUT2D eigenvalue weighted by atomic mass is 32.1. The molecule has 4 nitrogen and oxygen atoms in total. The lowest BCUT2D eigenvalue weighted by Gasteiger charge is -2.16. The molecule has 114 valence electrons. The molecule has 0 saturated carbocycles. The molecular formula is C17H18N2O2S. The second-order valence-electron chi connectivity index (χ2n) is 4.79. The molecule has 0 aromatic heterocycles. The largest absolute Gasteiger partial charge is 0.497 e. The second kappa shape index (κ2) is 7.56. The van der Waals surface area contributed by atoms with Crippen LogP contribution in [0.3, 0.4) is 0 Å². The smallest absolute Gasteiger partial charge is 0.283 e. The van der Waals surface area contributed by atoms with E-state index >= 15 is 0 Å². The standard InChI is InChI=1S/C17H18N2O2S/c1-12(13-7-4-3-5-8-13)18-17(22)16(20)19-14-9-6-10-15(11-14)21-2/h3-12H,1-2H3,(H,18,22)(H,19,20). The summed E-state index contributed by atoms with van der Waals surface area (Å²) < 4.78 is 5.12. The fourth-order valence-electron chi connectivity index (χ4n) is 1.98. The van der Waals surface area contributed by atoms with Gasteiger partial charge in [-0.1, -0.05) is 48.6 Å². The van der Waals surface area contributed by atoms with Gasteiger partial charge in [0.1, 0.15) is 5.75 Å². The van der Waals surface area contributed by atoms with Crippen molar-refractivity contribution in [2.75, 3.05) is 12.4 Å². The fourth-order valence-corrected chi connectivity index (χ4v) is 2.20. The summed E-state index contributed by atoms with van der Waals surface area (Å²) in [5.41, 5.74) is 1.71. The van der Waals surface area contributed by atoms with E-state index < -0.39 is 0 Å². The van der Waals surface area contributed by atoms with Gasteiger partial charge in [0.15, 0.2) is 4.99 Å². The molecule has 5 heteroatoms. The molecule has 2 rings (SSSR count). The lowest BCUT2D eigenvalue weighted by Crippen LogP contribution is -2.35. The predicted octanol–water partition coefficient (Wildman–Crippen LogP) is 3.31. The summed E-state index contributed by atoms with van der Waals surface area (Å²) in [7, 11) is 1.58. The number of anilines is 1. The van der Waals surface area contributed by atoms with E-state index in [0.717, 1.165) is 5.56 Å². The first-order chi connectivity index (χ1) is 10.6. The SMILES string of the molecule is COc1cccc(NC(=O)C(=S)NC(C)c2ccccc2)c1. The van der Waals surface area contributed by atoms with Crippen LogP contribution in [0, 0.1) is 0 Å². The van der Waals surface area contributed by atoms with Crippen molar-refractivity contribution >= 4 is 28.8 Å². The Labute approximate surface area is 135 Å². The van der Waals surface area contributed by atoms with Crippen LogP contribution in [0.5, 0.6) is 5.75 Å². The first-order valence-electron chi connectivity index (χ1n) is 6.91. The second-order valence-corrected chi connectivity index (χ2v) is 5.20. The van der Waals surface area contributed by atoms with Crippen molar-refractivity contribution in [3.8, 4) is 5.75 Å². The zero-order chi connectivity index (χ0) is 15.9. The van der Waals surface area contributed by atoms with Gasteiger partial charge >= 0.3 is 0 Å². The maximum atomic E-state index is 12.1. The van der Waals surface area contributed by atoms with E-state index in [1.165, 1.54) is 0 Å². The van der Waals surface area contributed by atoms with E-state index in [2.05, 4.69) is 10.6 Å². The number of thiocarbonyl (C=S) groups is 1. The third-order valence-electron chi connectivity index (χ3n) is 3.18. The maximum Gasteiger partial charge on any atom is 0.283 e. The molecule has 0 aliphatic carbocycles. The molecule has 22 heavy (non-hydrogen) atoms. The van der Waals surface area contributed by atoms with Crippen molar-refractivity contribution in [2.45, 2.75) is 13.0 Å². The lowest BCUT2D eigenvalue weighted by molar-refractivity contribution is -0.110. The van der Waals surface area contributed by atoms with E-state index in [-0.39, 0.29) is 16.9 Å². The normalized spacial score (nSPS) is 11.4. The van der Waals surface area contributed by atoms with Gasteiger partial charge in [0, 0.05) is 17.8 Å². The zero-order valence-corrected chi connectivity index (χ0v) is 13.3. The van der Waals surface area contributed by atoms with Gasteiger partial charge in [0.05, 0.1) is 7.11 Å². The number of rotatable bonds is 4. The third-order valence-corrected chi connectivity index (χ3v) is 3.48. The Hall–Kier alpha value is -2.40. The first-order valence-corrected chi connectivity index (χ1v) is 7.32. The van der Waals surface area contributed by atoms with Crippen molar-refractivity contribution < 1.29 is 9.53 Å². The Morgan fingerprint density at radius 1 is 1.14 bits per heavy atom. The van der Waals surface area contributed by atoms with Crippen molar-refractivity contribution in [1.29, 1.82) is 0 Å². The van der Waals surface area contributed by atoms with E-state index in [4.69, 9.17) is 17.0 Å². The van der Waals surface area contributed by atoms with E-state index in [9.17, 15) is 4.79 Å². The predicted molar refractivity (Wildman–Crippen MR) is 92.2 cm³/mol. The van der Waals surface area contributed by atoms with Gasteiger partial charge in [0.2, 0.25) is 0 Å². The molecule has 1 atom stereocenters. The molecule has 2 aromatic carbocycles. The number of nitrogens with one attached hydrogen (secondary N) is 2. The summed E-state index contributed by atoms with van der Waals surface area (Å²) in [4.78, 5) is 12.3. The Kier molecular flexibility index (Phi) is 5.49. The molecule has 2 aromatic rings. The fraction of sp³-hybridized carbons (Fsp3) is 0.176.